The molecule has 5 amide bonds. The molecular weight excluding hydrogens is 552 g/mol. The first-order valence-corrected chi connectivity index (χ1v) is 14.0. The fourth-order valence-electron chi connectivity index (χ4n) is 4.46. The number of primary amides is 1. The SMILES string of the molecule is C[C@H](N)C(=O)N1CCC[C@H]1C(=O)N[C@@H](CCCCN)C(=O)N[C@@H](CCCN=C(N)N)C(=O)N[C@@H](CCC(N)=O)C(=O)O. The molecule has 0 spiro atoms. The Hall–Kier alpha value is -3.99. The van der Waals surface area contributed by atoms with E-state index in [4.69, 9.17) is 28.7 Å². The lowest BCUT2D eigenvalue weighted by molar-refractivity contribution is -0.142. The molecule has 1 aliphatic heterocycles. The Morgan fingerprint density at radius 3 is 2.05 bits per heavy atom. The first kappa shape index (κ1) is 36.0. The monoisotopic (exact) mass is 598 g/mol. The van der Waals surface area contributed by atoms with Crippen molar-refractivity contribution in [3.05, 3.63) is 0 Å². The number of nitrogens with zero attached hydrogens (tertiary/aromatic N) is 2. The third kappa shape index (κ3) is 12.7. The summed E-state index contributed by atoms with van der Waals surface area (Å²) in [6.07, 6.45) is 1.99. The van der Waals surface area contributed by atoms with Gasteiger partial charge in [0, 0.05) is 19.5 Å². The summed E-state index contributed by atoms with van der Waals surface area (Å²) >= 11 is 0. The second-order valence-electron chi connectivity index (χ2n) is 10.2. The minimum absolute atomic E-state index is 0.0271. The number of hydrogen-bond acceptors (Lipinski definition) is 9. The van der Waals surface area contributed by atoms with E-state index in [0.29, 0.717) is 38.8 Å². The average Bonchev–Trinajstić information content (AvgIpc) is 3.41. The van der Waals surface area contributed by atoms with Gasteiger partial charge in [0.15, 0.2) is 5.96 Å². The van der Waals surface area contributed by atoms with E-state index in [2.05, 4.69) is 20.9 Å². The van der Waals surface area contributed by atoms with Crippen molar-refractivity contribution in [2.75, 3.05) is 19.6 Å². The van der Waals surface area contributed by atoms with Gasteiger partial charge in [-0.25, -0.2) is 4.79 Å². The van der Waals surface area contributed by atoms with Gasteiger partial charge in [0.05, 0.1) is 6.04 Å². The Morgan fingerprint density at radius 2 is 1.50 bits per heavy atom. The van der Waals surface area contributed by atoms with Crippen molar-refractivity contribution in [2.45, 2.75) is 94.9 Å². The van der Waals surface area contributed by atoms with Gasteiger partial charge in [0.25, 0.3) is 0 Å². The van der Waals surface area contributed by atoms with Crippen molar-refractivity contribution in [1.29, 1.82) is 0 Å². The Labute approximate surface area is 244 Å². The van der Waals surface area contributed by atoms with Crippen molar-refractivity contribution in [3.63, 3.8) is 0 Å². The first-order chi connectivity index (χ1) is 19.8. The number of carbonyl (C=O) groups is 6. The maximum absolute atomic E-state index is 13.4. The summed E-state index contributed by atoms with van der Waals surface area (Å²) in [5.74, 6) is -4.69. The van der Waals surface area contributed by atoms with Gasteiger partial charge >= 0.3 is 5.97 Å². The van der Waals surface area contributed by atoms with Gasteiger partial charge in [-0.15, -0.1) is 0 Å². The highest BCUT2D eigenvalue weighted by Crippen LogP contribution is 2.19. The standard InChI is InChI=1S/C25H46N10O7/c1-14(27)23(40)35-13-5-8-18(35)22(39)33-15(6-2-3-11-26)20(37)32-16(7-4-12-31-25(29)30)21(38)34-17(24(41)42)9-10-19(28)36/h14-18H,2-13,26-27H2,1H3,(H2,28,36)(H,32,37)(H,33,39)(H,34,38)(H,41,42)(H4,29,30,31)/t14-,15-,16-,17-,18-/m0/s1. The third-order valence-electron chi connectivity index (χ3n) is 6.68. The zero-order valence-electron chi connectivity index (χ0n) is 24.0. The molecule has 17 heteroatoms. The highest BCUT2D eigenvalue weighted by atomic mass is 16.4. The lowest BCUT2D eigenvalue weighted by Gasteiger charge is -2.28. The molecule has 5 atom stereocenters. The molecule has 1 saturated heterocycles. The van der Waals surface area contributed by atoms with Crippen LogP contribution in [0.5, 0.6) is 0 Å². The van der Waals surface area contributed by atoms with E-state index >= 15 is 0 Å². The highest BCUT2D eigenvalue weighted by Gasteiger charge is 2.37. The molecule has 1 rings (SSSR count). The van der Waals surface area contributed by atoms with Crippen LogP contribution in [0.3, 0.4) is 0 Å². The van der Waals surface area contributed by atoms with E-state index in [1.807, 2.05) is 0 Å². The zero-order chi connectivity index (χ0) is 31.8. The van der Waals surface area contributed by atoms with Crippen LogP contribution in [-0.2, 0) is 28.8 Å². The van der Waals surface area contributed by atoms with Crippen LogP contribution < -0.4 is 44.6 Å². The molecule has 17 nitrogen and oxygen atoms in total. The molecule has 42 heavy (non-hydrogen) atoms. The molecule has 0 radical (unpaired) electrons. The number of aliphatic carboxylic acids is 1. The number of guanidine groups is 1. The van der Waals surface area contributed by atoms with Gasteiger partial charge in [0.1, 0.15) is 24.2 Å². The van der Waals surface area contributed by atoms with Crippen molar-refractivity contribution >= 4 is 41.5 Å². The van der Waals surface area contributed by atoms with Gasteiger partial charge in [0.2, 0.25) is 29.5 Å². The summed E-state index contributed by atoms with van der Waals surface area (Å²) in [6.45, 7) is 2.38. The number of carbonyl (C=O) groups excluding carboxylic acids is 5. The Morgan fingerprint density at radius 1 is 0.905 bits per heavy atom. The number of rotatable bonds is 19. The Balaban J connectivity index is 3.11. The van der Waals surface area contributed by atoms with Gasteiger partial charge in [-0.3, -0.25) is 29.0 Å². The molecule has 1 aliphatic rings. The van der Waals surface area contributed by atoms with Gasteiger partial charge in [-0.05, 0) is 64.8 Å². The van der Waals surface area contributed by atoms with E-state index < -0.39 is 59.8 Å². The molecule has 0 aromatic rings. The predicted octanol–water partition coefficient (Wildman–Crippen LogP) is -3.69. The highest BCUT2D eigenvalue weighted by molar-refractivity contribution is 5.95. The topological polar surface area (TPSA) is 304 Å². The summed E-state index contributed by atoms with van der Waals surface area (Å²) < 4.78 is 0. The van der Waals surface area contributed by atoms with Gasteiger partial charge < -0.3 is 54.6 Å². The predicted molar refractivity (Wildman–Crippen MR) is 153 cm³/mol. The third-order valence-corrected chi connectivity index (χ3v) is 6.68. The van der Waals surface area contributed by atoms with E-state index in [-0.39, 0.29) is 50.5 Å². The molecule has 1 heterocycles. The Kier molecular flexibility index (Phi) is 15.8. The van der Waals surface area contributed by atoms with Crippen molar-refractivity contribution in [2.24, 2.45) is 33.7 Å². The summed E-state index contributed by atoms with van der Waals surface area (Å²) in [7, 11) is 0. The van der Waals surface area contributed by atoms with Crippen LogP contribution in [0, 0.1) is 0 Å². The van der Waals surface area contributed by atoms with Gasteiger partial charge in [-0.2, -0.15) is 0 Å². The number of carboxylic acid groups (broad SMARTS) is 1. The van der Waals surface area contributed by atoms with E-state index in [1.165, 1.54) is 11.8 Å². The molecule has 0 saturated carbocycles. The molecule has 0 unspecified atom stereocenters. The van der Waals surface area contributed by atoms with E-state index in [1.54, 1.807) is 0 Å². The summed E-state index contributed by atoms with van der Waals surface area (Å²) in [4.78, 5) is 80.3. The largest absolute Gasteiger partial charge is 0.480 e. The number of likely N-dealkylation sites (tertiary alicyclic amines) is 1. The number of nitrogens with two attached hydrogens (primary N) is 5. The minimum atomic E-state index is -1.43. The molecular formula is C25H46N10O7. The van der Waals surface area contributed by atoms with Crippen LogP contribution in [0.15, 0.2) is 4.99 Å². The lowest BCUT2D eigenvalue weighted by atomic mass is 10.0. The van der Waals surface area contributed by atoms with E-state index in [9.17, 15) is 33.9 Å². The van der Waals surface area contributed by atoms with Crippen LogP contribution in [0.1, 0.15) is 64.7 Å². The van der Waals surface area contributed by atoms with Crippen LogP contribution >= 0.6 is 0 Å². The number of amides is 5. The van der Waals surface area contributed by atoms with Crippen molar-refractivity contribution in [3.8, 4) is 0 Å². The van der Waals surface area contributed by atoms with Crippen LogP contribution in [0.25, 0.3) is 0 Å². The smallest absolute Gasteiger partial charge is 0.326 e. The zero-order valence-corrected chi connectivity index (χ0v) is 24.0. The second kappa shape index (κ2) is 18.4. The maximum Gasteiger partial charge on any atom is 0.326 e. The van der Waals surface area contributed by atoms with Crippen molar-refractivity contribution in [1.82, 2.24) is 20.9 Å². The van der Waals surface area contributed by atoms with Crippen LogP contribution in [-0.4, -0.2) is 101 Å². The molecule has 1 fully saturated rings. The fourth-order valence-corrected chi connectivity index (χ4v) is 4.46. The lowest BCUT2D eigenvalue weighted by Crippen LogP contribution is -2.58. The Bertz CT molecular complexity index is 987. The molecule has 0 bridgehead atoms. The molecule has 0 aromatic heterocycles. The summed E-state index contributed by atoms with van der Waals surface area (Å²) in [5, 5.41) is 17.1. The number of hydrogen-bond donors (Lipinski definition) is 9. The molecule has 0 aliphatic carbocycles. The quantitative estimate of drug-likeness (QED) is 0.0396. The number of unbranched alkanes of at least 4 members (excludes halogenated alkanes) is 1. The summed E-state index contributed by atoms with van der Waals surface area (Å²) in [5.41, 5.74) is 27.1. The molecule has 14 N–H and O–H groups in total. The molecule has 238 valence electrons. The number of carboxylic acids is 1. The van der Waals surface area contributed by atoms with Crippen LogP contribution in [0.2, 0.25) is 0 Å². The van der Waals surface area contributed by atoms with Crippen molar-refractivity contribution < 1.29 is 33.9 Å². The minimum Gasteiger partial charge on any atom is -0.480 e. The number of aliphatic imine (C=N–C) groups is 1. The normalized spacial score (nSPS) is 17.3. The van der Waals surface area contributed by atoms with Gasteiger partial charge in [-0.1, -0.05) is 0 Å². The second-order valence-corrected chi connectivity index (χ2v) is 10.2. The first-order valence-electron chi connectivity index (χ1n) is 14.0. The molecule has 0 aromatic carbocycles. The fraction of sp³-hybridized carbons (Fsp3) is 0.720. The summed E-state index contributed by atoms with van der Waals surface area (Å²) in [6, 6.07) is -5.32. The maximum atomic E-state index is 13.4. The van der Waals surface area contributed by atoms with E-state index in [0.717, 1.165) is 0 Å². The average molecular weight is 599 g/mol. The van der Waals surface area contributed by atoms with Crippen LogP contribution in [0.4, 0.5) is 0 Å². The number of nitrogens with one attached hydrogen (secondary N) is 3.